The lowest BCUT2D eigenvalue weighted by Gasteiger charge is -2.38. The molecular formula is C15H26N2O3. The molecule has 1 N–H and O–H groups in total. The zero-order valence-electron chi connectivity index (χ0n) is 12.6. The number of carbonyl (C=O) groups excluding carboxylic acids is 1. The van der Waals surface area contributed by atoms with Crippen LogP contribution in [-0.2, 0) is 9.59 Å². The highest BCUT2D eigenvalue weighted by Gasteiger charge is 2.40. The number of carboxylic acid groups (broad SMARTS) is 1. The van der Waals surface area contributed by atoms with Crippen LogP contribution >= 0.6 is 0 Å². The molecule has 0 radical (unpaired) electrons. The summed E-state index contributed by atoms with van der Waals surface area (Å²) in [5, 5.41) is 9.37. The van der Waals surface area contributed by atoms with E-state index in [4.69, 9.17) is 0 Å². The minimum absolute atomic E-state index is 0.203. The summed E-state index contributed by atoms with van der Waals surface area (Å²) in [4.78, 5) is 27.7. The van der Waals surface area contributed by atoms with Gasteiger partial charge in [0.15, 0.2) is 0 Å². The van der Waals surface area contributed by atoms with E-state index in [2.05, 4.69) is 4.90 Å². The van der Waals surface area contributed by atoms with Gasteiger partial charge in [0.25, 0.3) is 0 Å². The van der Waals surface area contributed by atoms with E-state index >= 15 is 0 Å². The average molecular weight is 282 g/mol. The molecule has 2 aliphatic rings. The van der Waals surface area contributed by atoms with E-state index in [1.165, 1.54) is 0 Å². The Morgan fingerprint density at radius 1 is 1.25 bits per heavy atom. The number of hydrogen-bond donors (Lipinski definition) is 1. The molecule has 0 aromatic carbocycles. The molecule has 0 aromatic rings. The maximum Gasteiger partial charge on any atom is 0.309 e. The molecular weight excluding hydrogens is 256 g/mol. The van der Waals surface area contributed by atoms with Gasteiger partial charge in [-0.2, -0.15) is 0 Å². The predicted molar refractivity (Wildman–Crippen MR) is 76.4 cm³/mol. The van der Waals surface area contributed by atoms with Crippen molar-refractivity contribution < 1.29 is 14.7 Å². The standard InChI is InChI=1S/C15H26N2O3/c1-3-15(14(19)20)7-9-16(10-8-15)11-13(18)17(4-2)12-5-6-12/h12H,3-11H2,1-2H3,(H,19,20). The van der Waals surface area contributed by atoms with Crippen LogP contribution in [0.2, 0.25) is 0 Å². The van der Waals surface area contributed by atoms with Crippen molar-refractivity contribution in [1.82, 2.24) is 9.80 Å². The molecule has 1 aliphatic carbocycles. The minimum Gasteiger partial charge on any atom is -0.481 e. The second-order valence-electron chi connectivity index (χ2n) is 6.13. The topological polar surface area (TPSA) is 60.9 Å². The van der Waals surface area contributed by atoms with Crippen molar-refractivity contribution in [2.24, 2.45) is 5.41 Å². The van der Waals surface area contributed by atoms with Crippen LogP contribution in [0.15, 0.2) is 0 Å². The molecule has 2 fully saturated rings. The lowest BCUT2D eigenvalue weighted by molar-refractivity contribution is -0.152. The van der Waals surface area contributed by atoms with Crippen LogP contribution in [0.3, 0.4) is 0 Å². The Balaban J connectivity index is 1.84. The van der Waals surface area contributed by atoms with Crippen LogP contribution in [0.5, 0.6) is 0 Å². The Hall–Kier alpha value is -1.10. The van der Waals surface area contributed by atoms with Crippen molar-refractivity contribution in [3.63, 3.8) is 0 Å². The number of likely N-dealkylation sites (N-methyl/N-ethyl adjacent to an activating group) is 1. The fourth-order valence-corrected chi connectivity index (χ4v) is 3.16. The maximum atomic E-state index is 12.3. The van der Waals surface area contributed by atoms with Crippen molar-refractivity contribution in [2.45, 2.75) is 52.0 Å². The number of amides is 1. The fourth-order valence-electron chi connectivity index (χ4n) is 3.16. The monoisotopic (exact) mass is 282 g/mol. The molecule has 1 saturated carbocycles. The number of carbonyl (C=O) groups is 2. The van der Waals surface area contributed by atoms with Gasteiger partial charge in [-0.05, 0) is 52.1 Å². The molecule has 1 heterocycles. The molecule has 20 heavy (non-hydrogen) atoms. The van der Waals surface area contributed by atoms with Crippen LogP contribution in [-0.4, -0.2) is 59.0 Å². The Morgan fingerprint density at radius 3 is 2.25 bits per heavy atom. The molecule has 5 nitrogen and oxygen atoms in total. The van der Waals surface area contributed by atoms with E-state index in [0.717, 1.165) is 19.4 Å². The van der Waals surface area contributed by atoms with Crippen LogP contribution in [0.4, 0.5) is 0 Å². The Kier molecular flexibility index (Phi) is 4.68. The van der Waals surface area contributed by atoms with Crippen molar-refractivity contribution >= 4 is 11.9 Å². The molecule has 2 rings (SSSR count). The van der Waals surface area contributed by atoms with Gasteiger partial charge in [0.1, 0.15) is 0 Å². The number of likely N-dealkylation sites (tertiary alicyclic amines) is 1. The van der Waals surface area contributed by atoms with Crippen LogP contribution in [0, 0.1) is 5.41 Å². The summed E-state index contributed by atoms with van der Waals surface area (Å²) in [5.41, 5.74) is -0.569. The number of hydrogen-bond acceptors (Lipinski definition) is 3. The third-order valence-corrected chi connectivity index (χ3v) is 4.95. The first-order valence-electron chi connectivity index (χ1n) is 7.77. The zero-order chi connectivity index (χ0) is 14.8. The molecule has 0 atom stereocenters. The van der Waals surface area contributed by atoms with E-state index in [9.17, 15) is 14.7 Å². The SMILES string of the molecule is CCN(C(=O)CN1CCC(CC)(C(=O)O)CC1)C1CC1. The summed E-state index contributed by atoms with van der Waals surface area (Å²) in [5.74, 6) is -0.478. The summed E-state index contributed by atoms with van der Waals surface area (Å²) in [6.45, 7) is 6.64. The molecule has 1 saturated heterocycles. The first-order valence-corrected chi connectivity index (χ1v) is 7.77. The first kappa shape index (κ1) is 15.3. The second-order valence-corrected chi connectivity index (χ2v) is 6.13. The van der Waals surface area contributed by atoms with E-state index in [1.807, 2.05) is 18.7 Å². The normalized spacial score (nSPS) is 22.5. The molecule has 1 amide bonds. The van der Waals surface area contributed by atoms with E-state index < -0.39 is 11.4 Å². The van der Waals surface area contributed by atoms with Gasteiger partial charge in [-0.1, -0.05) is 6.92 Å². The lowest BCUT2D eigenvalue weighted by Crippen LogP contribution is -2.48. The molecule has 0 bridgehead atoms. The molecule has 1 aliphatic heterocycles. The van der Waals surface area contributed by atoms with Gasteiger partial charge >= 0.3 is 5.97 Å². The quantitative estimate of drug-likeness (QED) is 0.803. The van der Waals surface area contributed by atoms with Gasteiger partial charge < -0.3 is 10.0 Å². The van der Waals surface area contributed by atoms with Gasteiger partial charge in [0.05, 0.1) is 12.0 Å². The van der Waals surface area contributed by atoms with Gasteiger partial charge in [-0.25, -0.2) is 0 Å². The van der Waals surface area contributed by atoms with Gasteiger partial charge in [-0.15, -0.1) is 0 Å². The van der Waals surface area contributed by atoms with Crippen molar-refractivity contribution in [2.75, 3.05) is 26.2 Å². The van der Waals surface area contributed by atoms with Gasteiger partial charge in [-0.3, -0.25) is 14.5 Å². The largest absolute Gasteiger partial charge is 0.481 e. The maximum absolute atomic E-state index is 12.3. The number of carboxylic acids is 1. The minimum atomic E-state index is -0.681. The fraction of sp³-hybridized carbons (Fsp3) is 0.867. The van der Waals surface area contributed by atoms with Crippen molar-refractivity contribution in [1.29, 1.82) is 0 Å². The number of aliphatic carboxylic acids is 1. The smallest absolute Gasteiger partial charge is 0.309 e. The third kappa shape index (κ3) is 3.14. The van der Waals surface area contributed by atoms with Crippen molar-refractivity contribution in [3.8, 4) is 0 Å². The Morgan fingerprint density at radius 2 is 1.85 bits per heavy atom. The average Bonchev–Trinajstić information content (AvgIpc) is 3.25. The van der Waals surface area contributed by atoms with E-state index in [0.29, 0.717) is 44.9 Å². The van der Waals surface area contributed by atoms with Gasteiger partial charge in [0, 0.05) is 12.6 Å². The van der Waals surface area contributed by atoms with E-state index in [-0.39, 0.29) is 5.91 Å². The summed E-state index contributed by atoms with van der Waals surface area (Å²) in [6.07, 6.45) is 4.26. The highest BCUT2D eigenvalue weighted by molar-refractivity contribution is 5.79. The van der Waals surface area contributed by atoms with Crippen molar-refractivity contribution in [3.05, 3.63) is 0 Å². The third-order valence-electron chi connectivity index (χ3n) is 4.95. The van der Waals surface area contributed by atoms with Crippen LogP contribution < -0.4 is 0 Å². The Labute approximate surface area is 120 Å². The highest BCUT2D eigenvalue weighted by Crippen LogP contribution is 2.35. The number of piperidine rings is 1. The lowest BCUT2D eigenvalue weighted by atomic mass is 9.76. The molecule has 0 unspecified atom stereocenters. The number of nitrogens with zero attached hydrogens (tertiary/aromatic N) is 2. The molecule has 5 heteroatoms. The summed E-state index contributed by atoms with van der Waals surface area (Å²) < 4.78 is 0. The summed E-state index contributed by atoms with van der Waals surface area (Å²) in [6, 6.07) is 0.464. The van der Waals surface area contributed by atoms with Crippen LogP contribution in [0.1, 0.15) is 46.0 Å². The summed E-state index contributed by atoms with van der Waals surface area (Å²) in [7, 11) is 0. The second kappa shape index (κ2) is 6.12. The molecule has 0 spiro atoms. The highest BCUT2D eigenvalue weighted by atomic mass is 16.4. The molecule has 0 aromatic heterocycles. The first-order chi connectivity index (χ1) is 9.52. The van der Waals surface area contributed by atoms with E-state index in [1.54, 1.807) is 0 Å². The Bertz CT molecular complexity index is 371. The number of rotatable bonds is 6. The zero-order valence-corrected chi connectivity index (χ0v) is 12.6. The summed E-state index contributed by atoms with van der Waals surface area (Å²) >= 11 is 0. The van der Waals surface area contributed by atoms with Gasteiger partial charge in [0.2, 0.25) is 5.91 Å². The van der Waals surface area contributed by atoms with Crippen LogP contribution in [0.25, 0.3) is 0 Å². The molecule has 114 valence electrons. The predicted octanol–water partition coefficient (Wildman–Crippen LogP) is 1.57.